The molecule has 0 radical (unpaired) electrons. The molecule has 0 amide bonds. The second-order valence-corrected chi connectivity index (χ2v) is 6.62. The average molecular weight is 273 g/mol. The summed E-state index contributed by atoms with van der Waals surface area (Å²) in [5.41, 5.74) is 7.78. The maximum atomic E-state index is 6.56. The first-order chi connectivity index (χ1) is 9.81. The minimum atomic E-state index is 0.155. The number of hydrogen-bond donors (Lipinski definition) is 1. The first-order valence-corrected chi connectivity index (χ1v) is 7.96. The molecule has 3 heteroatoms. The lowest BCUT2D eigenvalue weighted by molar-refractivity contribution is 0.283. The minimum absolute atomic E-state index is 0.155. The van der Waals surface area contributed by atoms with Crippen molar-refractivity contribution in [3.63, 3.8) is 0 Å². The van der Waals surface area contributed by atoms with Gasteiger partial charge in [0.25, 0.3) is 0 Å². The third-order valence-electron chi connectivity index (χ3n) is 5.41. The highest BCUT2D eigenvalue weighted by Crippen LogP contribution is 2.52. The number of rotatable bonds is 2. The van der Waals surface area contributed by atoms with Gasteiger partial charge in [-0.15, -0.1) is 0 Å². The number of ether oxygens (including phenoxy) is 2. The smallest absolute Gasteiger partial charge is 0.161 e. The van der Waals surface area contributed by atoms with Crippen LogP contribution in [-0.2, 0) is 0 Å². The van der Waals surface area contributed by atoms with E-state index in [1.54, 1.807) is 0 Å². The summed E-state index contributed by atoms with van der Waals surface area (Å²) in [6.07, 6.45) is 6.48. The summed E-state index contributed by atoms with van der Waals surface area (Å²) in [6, 6.07) is 6.42. The highest BCUT2D eigenvalue weighted by molar-refractivity contribution is 5.44. The molecule has 0 aromatic heterocycles. The molecule has 3 aliphatic rings. The summed E-state index contributed by atoms with van der Waals surface area (Å²) in [4.78, 5) is 0. The molecular weight excluding hydrogens is 250 g/mol. The highest BCUT2D eigenvalue weighted by atomic mass is 16.5. The highest BCUT2D eigenvalue weighted by Gasteiger charge is 2.42. The third kappa shape index (κ3) is 2.08. The van der Waals surface area contributed by atoms with E-state index < -0.39 is 0 Å². The standard InChI is InChI=1S/C17H23NO2/c18-17(14-9-11-2-3-12(14)8-11)13-4-5-15-16(10-13)20-7-1-6-19-15/h4-5,10-12,14,17H,1-3,6-9,18H2. The fourth-order valence-electron chi connectivity index (χ4n) is 4.37. The van der Waals surface area contributed by atoms with Crippen LogP contribution < -0.4 is 15.2 Å². The molecule has 2 aliphatic carbocycles. The Bertz CT molecular complexity index is 502. The van der Waals surface area contributed by atoms with Crippen molar-refractivity contribution in [3.05, 3.63) is 23.8 Å². The van der Waals surface area contributed by atoms with Crippen LogP contribution in [0.1, 0.15) is 43.7 Å². The molecule has 2 fully saturated rings. The Hall–Kier alpha value is -1.22. The molecule has 20 heavy (non-hydrogen) atoms. The first kappa shape index (κ1) is 12.5. The van der Waals surface area contributed by atoms with E-state index in [9.17, 15) is 0 Å². The predicted molar refractivity (Wildman–Crippen MR) is 77.9 cm³/mol. The molecule has 3 nitrogen and oxygen atoms in total. The van der Waals surface area contributed by atoms with Crippen LogP contribution in [0.2, 0.25) is 0 Å². The van der Waals surface area contributed by atoms with Gasteiger partial charge >= 0.3 is 0 Å². The molecule has 1 aromatic rings. The lowest BCUT2D eigenvalue weighted by Gasteiger charge is -2.28. The lowest BCUT2D eigenvalue weighted by Crippen LogP contribution is -2.26. The number of benzene rings is 1. The van der Waals surface area contributed by atoms with Gasteiger partial charge in [-0.1, -0.05) is 12.5 Å². The molecule has 2 saturated carbocycles. The minimum Gasteiger partial charge on any atom is -0.490 e. The van der Waals surface area contributed by atoms with Crippen molar-refractivity contribution in [2.24, 2.45) is 23.5 Å². The van der Waals surface area contributed by atoms with E-state index in [0.717, 1.165) is 43.0 Å². The van der Waals surface area contributed by atoms with E-state index in [1.807, 2.05) is 6.07 Å². The molecule has 1 heterocycles. The Kier molecular flexibility index (Phi) is 3.10. The maximum absolute atomic E-state index is 6.56. The van der Waals surface area contributed by atoms with E-state index in [4.69, 9.17) is 15.2 Å². The summed E-state index contributed by atoms with van der Waals surface area (Å²) in [6.45, 7) is 1.48. The Morgan fingerprint density at radius 2 is 1.90 bits per heavy atom. The van der Waals surface area contributed by atoms with Crippen LogP contribution in [-0.4, -0.2) is 13.2 Å². The van der Waals surface area contributed by atoms with Crippen LogP contribution in [0.4, 0.5) is 0 Å². The van der Waals surface area contributed by atoms with Gasteiger partial charge in [0.05, 0.1) is 13.2 Å². The van der Waals surface area contributed by atoms with Gasteiger partial charge in [0.15, 0.2) is 11.5 Å². The Balaban J connectivity index is 1.57. The summed E-state index contributed by atoms with van der Waals surface area (Å²) in [5, 5.41) is 0. The summed E-state index contributed by atoms with van der Waals surface area (Å²) in [7, 11) is 0. The van der Waals surface area contributed by atoms with E-state index in [0.29, 0.717) is 5.92 Å². The van der Waals surface area contributed by atoms with Crippen molar-refractivity contribution in [2.75, 3.05) is 13.2 Å². The number of fused-ring (bicyclic) bond motifs is 3. The van der Waals surface area contributed by atoms with Crippen LogP contribution in [0.25, 0.3) is 0 Å². The van der Waals surface area contributed by atoms with Crippen molar-refractivity contribution < 1.29 is 9.47 Å². The van der Waals surface area contributed by atoms with E-state index in [2.05, 4.69) is 12.1 Å². The van der Waals surface area contributed by atoms with Crippen LogP contribution in [0.3, 0.4) is 0 Å². The third-order valence-corrected chi connectivity index (χ3v) is 5.41. The van der Waals surface area contributed by atoms with Crippen LogP contribution in [0.5, 0.6) is 11.5 Å². The molecular formula is C17H23NO2. The van der Waals surface area contributed by atoms with Gasteiger partial charge in [-0.3, -0.25) is 0 Å². The molecule has 108 valence electrons. The van der Waals surface area contributed by atoms with Gasteiger partial charge in [0, 0.05) is 12.5 Å². The first-order valence-electron chi connectivity index (χ1n) is 7.96. The second-order valence-electron chi connectivity index (χ2n) is 6.62. The molecule has 4 rings (SSSR count). The fourth-order valence-corrected chi connectivity index (χ4v) is 4.37. The van der Waals surface area contributed by atoms with Gasteiger partial charge in [-0.05, 0) is 54.7 Å². The SMILES string of the molecule is NC(c1ccc2c(c1)OCCCO2)C1CC2CCC1C2. The predicted octanol–water partition coefficient (Wildman–Crippen LogP) is 3.28. The molecule has 0 saturated heterocycles. The molecule has 4 atom stereocenters. The average Bonchev–Trinajstić information content (AvgIpc) is 3.02. The monoisotopic (exact) mass is 273 g/mol. The van der Waals surface area contributed by atoms with Gasteiger partial charge in [-0.25, -0.2) is 0 Å². The number of nitrogens with two attached hydrogens (primary N) is 1. The van der Waals surface area contributed by atoms with Crippen molar-refractivity contribution in [3.8, 4) is 11.5 Å². The zero-order chi connectivity index (χ0) is 13.5. The summed E-state index contributed by atoms with van der Waals surface area (Å²) >= 11 is 0. The van der Waals surface area contributed by atoms with Crippen molar-refractivity contribution in [1.29, 1.82) is 0 Å². The largest absolute Gasteiger partial charge is 0.490 e. The van der Waals surface area contributed by atoms with E-state index in [1.165, 1.54) is 31.2 Å². The molecule has 1 aromatic carbocycles. The maximum Gasteiger partial charge on any atom is 0.161 e. The van der Waals surface area contributed by atoms with Gasteiger partial charge < -0.3 is 15.2 Å². The van der Waals surface area contributed by atoms with E-state index in [-0.39, 0.29) is 6.04 Å². The van der Waals surface area contributed by atoms with Gasteiger partial charge in [-0.2, -0.15) is 0 Å². The van der Waals surface area contributed by atoms with Gasteiger partial charge in [0.1, 0.15) is 0 Å². The van der Waals surface area contributed by atoms with Gasteiger partial charge in [0.2, 0.25) is 0 Å². The molecule has 2 N–H and O–H groups in total. The summed E-state index contributed by atoms with van der Waals surface area (Å²) in [5.74, 6) is 4.20. The summed E-state index contributed by atoms with van der Waals surface area (Å²) < 4.78 is 11.5. The Morgan fingerprint density at radius 1 is 1.05 bits per heavy atom. The van der Waals surface area contributed by atoms with Crippen LogP contribution in [0.15, 0.2) is 18.2 Å². The zero-order valence-electron chi connectivity index (χ0n) is 11.9. The topological polar surface area (TPSA) is 44.5 Å². The zero-order valence-corrected chi connectivity index (χ0v) is 11.9. The van der Waals surface area contributed by atoms with Crippen LogP contribution in [0, 0.1) is 17.8 Å². The Labute approximate surface area is 120 Å². The lowest BCUT2D eigenvalue weighted by atomic mass is 9.81. The Morgan fingerprint density at radius 3 is 2.65 bits per heavy atom. The van der Waals surface area contributed by atoms with Crippen molar-refractivity contribution >= 4 is 0 Å². The van der Waals surface area contributed by atoms with Crippen molar-refractivity contribution in [1.82, 2.24) is 0 Å². The normalized spacial score (nSPS) is 33.0. The molecule has 1 aliphatic heterocycles. The van der Waals surface area contributed by atoms with E-state index >= 15 is 0 Å². The van der Waals surface area contributed by atoms with Crippen molar-refractivity contribution in [2.45, 2.75) is 38.1 Å². The number of hydrogen-bond acceptors (Lipinski definition) is 3. The molecule has 2 bridgehead atoms. The fraction of sp³-hybridized carbons (Fsp3) is 0.647. The second kappa shape index (κ2) is 4.96. The quantitative estimate of drug-likeness (QED) is 0.899. The molecule has 4 unspecified atom stereocenters. The van der Waals surface area contributed by atoms with Crippen LogP contribution >= 0.6 is 0 Å². The molecule has 0 spiro atoms.